The number of hydrogen-bond donors (Lipinski definition) is 2. The zero-order valence-corrected chi connectivity index (χ0v) is 11.9. The molecule has 7 heteroatoms. The lowest BCUT2D eigenvalue weighted by Crippen LogP contribution is -2.13. The molecule has 0 fully saturated rings. The van der Waals surface area contributed by atoms with Crippen LogP contribution in [0.2, 0.25) is 0 Å². The Morgan fingerprint density at radius 3 is 2.29 bits per heavy atom. The second kappa shape index (κ2) is 5.92. The van der Waals surface area contributed by atoms with Crippen molar-refractivity contribution in [3.8, 4) is 0 Å². The van der Waals surface area contributed by atoms with Crippen molar-refractivity contribution < 1.29 is 17.6 Å². The molecular weight excluding hydrogens is 295 g/mol. The first-order valence-corrected chi connectivity index (χ1v) is 7.51. The van der Waals surface area contributed by atoms with Crippen molar-refractivity contribution in [1.29, 1.82) is 0 Å². The summed E-state index contributed by atoms with van der Waals surface area (Å²) in [6.07, 6.45) is 0. The normalized spacial score (nSPS) is 11.0. The summed E-state index contributed by atoms with van der Waals surface area (Å²) in [5, 5.41) is 2.54. The van der Waals surface area contributed by atoms with Gasteiger partial charge in [-0.2, -0.15) is 0 Å². The monoisotopic (exact) mass is 308 g/mol. The van der Waals surface area contributed by atoms with Crippen molar-refractivity contribution in [1.82, 2.24) is 0 Å². The molecule has 2 aromatic rings. The SMILES string of the molecule is CC(=O)Nc1ccc(S(=O)(=O)Nc2cccc(F)c2)cc1. The van der Waals surface area contributed by atoms with Crippen LogP contribution in [0.3, 0.4) is 0 Å². The van der Waals surface area contributed by atoms with Crippen LogP contribution in [0.5, 0.6) is 0 Å². The minimum absolute atomic E-state index is 0.0147. The molecular formula is C14H13FN2O3S. The highest BCUT2D eigenvalue weighted by Crippen LogP contribution is 2.18. The summed E-state index contributed by atoms with van der Waals surface area (Å²) < 4.78 is 39.6. The number of nitrogens with one attached hydrogen (secondary N) is 2. The van der Waals surface area contributed by atoms with Gasteiger partial charge in [-0.05, 0) is 42.5 Å². The predicted octanol–water partition coefficient (Wildman–Crippen LogP) is 2.58. The van der Waals surface area contributed by atoms with E-state index in [0.29, 0.717) is 5.69 Å². The quantitative estimate of drug-likeness (QED) is 0.911. The Labute approximate surface area is 121 Å². The molecule has 1 amide bonds. The Hall–Kier alpha value is -2.41. The molecule has 0 aliphatic carbocycles. The molecule has 2 aromatic carbocycles. The Morgan fingerprint density at radius 1 is 1.05 bits per heavy atom. The largest absolute Gasteiger partial charge is 0.326 e. The maximum Gasteiger partial charge on any atom is 0.261 e. The third-order valence-electron chi connectivity index (χ3n) is 2.56. The molecule has 0 aliphatic rings. The fraction of sp³-hybridized carbons (Fsp3) is 0.0714. The van der Waals surface area contributed by atoms with E-state index < -0.39 is 15.8 Å². The van der Waals surface area contributed by atoms with E-state index in [9.17, 15) is 17.6 Å². The zero-order chi connectivity index (χ0) is 15.5. The number of halogens is 1. The standard InChI is InChI=1S/C14H13FN2O3S/c1-10(18)16-12-5-7-14(8-6-12)21(19,20)17-13-4-2-3-11(15)9-13/h2-9,17H,1H3,(H,16,18). The Kier molecular flexibility index (Phi) is 4.23. The third-order valence-corrected chi connectivity index (χ3v) is 3.96. The van der Waals surface area contributed by atoms with Gasteiger partial charge in [0.05, 0.1) is 10.6 Å². The summed E-state index contributed by atoms with van der Waals surface area (Å²) in [6, 6.07) is 10.8. The van der Waals surface area contributed by atoms with Crippen LogP contribution in [-0.4, -0.2) is 14.3 Å². The highest BCUT2D eigenvalue weighted by atomic mass is 32.2. The summed E-state index contributed by atoms with van der Waals surface area (Å²) in [5.41, 5.74) is 0.633. The van der Waals surface area contributed by atoms with Gasteiger partial charge in [-0.15, -0.1) is 0 Å². The molecule has 2 rings (SSSR count). The lowest BCUT2D eigenvalue weighted by Gasteiger charge is -2.09. The third kappa shape index (κ3) is 4.03. The highest BCUT2D eigenvalue weighted by Gasteiger charge is 2.14. The first-order valence-electron chi connectivity index (χ1n) is 6.03. The van der Waals surface area contributed by atoms with E-state index in [1.165, 1.54) is 49.4 Å². The molecule has 0 heterocycles. The Morgan fingerprint density at radius 2 is 1.71 bits per heavy atom. The number of carbonyl (C=O) groups excluding carboxylic acids is 1. The van der Waals surface area contributed by atoms with Gasteiger partial charge in [0, 0.05) is 12.6 Å². The molecule has 0 spiro atoms. The van der Waals surface area contributed by atoms with Crippen molar-refractivity contribution in [3.63, 3.8) is 0 Å². The topological polar surface area (TPSA) is 75.3 Å². The fourth-order valence-electron chi connectivity index (χ4n) is 1.69. The molecule has 0 saturated heterocycles. The van der Waals surface area contributed by atoms with Crippen LogP contribution in [0.25, 0.3) is 0 Å². The first kappa shape index (κ1) is 15.0. The smallest absolute Gasteiger partial charge is 0.261 e. The minimum atomic E-state index is -3.80. The lowest BCUT2D eigenvalue weighted by molar-refractivity contribution is -0.114. The molecule has 0 aliphatic heterocycles. The number of anilines is 2. The number of benzene rings is 2. The van der Waals surface area contributed by atoms with Crippen LogP contribution in [0.1, 0.15) is 6.92 Å². The molecule has 21 heavy (non-hydrogen) atoms. The average Bonchev–Trinajstić information content (AvgIpc) is 2.38. The average molecular weight is 308 g/mol. The maximum atomic E-state index is 13.0. The number of rotatable bonds is 4. The lowest BCUT2D eigenvalue weighted by atomic mass is 10.3. The summed E-state index contributed by atoms with van der Waals surface area (Å²) in [4.78, 5) is 10.9. The van der Waals surface area contributed by atoms with Gasteiger partial charge in [-0.25, -0.2) is 12.8 Å². The van der Waals surface area contributed by atoms with Crippen molar-refractivity contribution >= 4 is 27.3 Å². The van der Waals surface area contributed by atoms with Crippen molar-refractivity contribution in [2.24, 2.45) is 0 Å². The van der Waals surface area contributed by atoms with Gasteiger partial charge in [-0.3, -0.25) is 9.52 Å². The van der Waals surface area contributed by atoms with E-state index in [1.54, 1.807) is 0 Å². The van der Waals surface area contributed by atoms with E-state index in [1.807, 2.05) is 0 Å². The van der Waals surface area contributed by atoms with Gasteiger partial charge in [0.1, 0.15) is 5.82 Å². The molecule has 0 unspecified atom stereocenters. The Bertz CT molecular complexity index is 758. The minimum Gasteiger partial charge on any atom is -0.326 e. The van der Waals surface area contributed by atoms with Gasteiger partial charge in [-0.1, -0.05) is 6.07 Å². The van der Waals surface area contributed by atoms with Crippen molar-refractivity contribution in [3.05, 3.63) is 54.3 Å². The first-order chi connectivity index (χ1) is 9.87. The van der Waals surface area contributed by atoms with Crippen LogP contribution in [0.4, 0.5) is 15.8 Å². The van der Waals surface area contributed by atoms with E-state index in [2.05, 4.69) is 10.0 Å². The van der Waals surface area contributed by atoms with Crippen LogP contribution >= 0.6 is 0 Å². The maximum absolute atomic E-state index is 13.0. The van der Waals surface area contributed by atoms with Gasteiger partial charge in [0.15, 0.2) is 0 Å². The Balaban J connectivity index is 2.21. The van der Waals surface area contributed by atoms with Gasteiger partial charge in [0.25, 0.3) is 10.0 Å². The van der Waals surface area contributed by atoms with Crippen LogP contribution in [0, 0.1) is 5.82 Å². The highest BCUT2D eigenvalue weighted by molar-refractivity contribution is 7.92. The van der Waals surface area contributed by atoms with Gasteiger partial charge >= 0.3 is 0 Å². The summed E-state index contributed by atoms with van der Waals surface area (Å²) in [7, 11) is -3.80. The molecule has 0 saturated carbocycles. The van der Waals surface area contributed by atoms with E-state index in [-0.39, 0.29) is 16.5 Å². The summed E-state index contributed by atoms with van der Waals surface area (Å²) >= 11 is 0. The van der Waals surface area contributed by atoms with Crippen molar-refractivity contribution in [2.75, 3.05) is 10.0 Å². The second-order valence-electron chi connectivity index (χ2n) is 4.32. The van der Waals surface area contributed by atoms with Gasteiger partial charge < -0.3 is 5.32 Å². The molecule has 5 nitrogen and oxygen atoms in total. The van der Waals surface area contributed by atoms with E-state index in [0.717, 1.165) is 6.07 Å². The van der Waals surface area contributed by atoms with E-state index >= 15 is 0 Å². The predicted molar refractivity (Wildman–Crippen MR) is 78.0 cm³/mol. The number of sulfonamides is 1. The number of amides is 1. The molecule has 0 atom stereocenters. The number of hydrogen-bond acceptors (Lipinski definition) is 3. The summed E-state index contributed by atoms with van der Waals surface area (Å²) in [6.45, 7) is 1.36. The molecule has 0 aromatic heterocycles. The molecule has 0 bridgehead atoms. The molecule has 0 radical (unpaired) electrons. The fourth-order valence-corrected chi connectivity index (χ4v) is 2.74. The molecule has 110 valence electrons. The second-order valence-corrected chi connectivity index (χ2v) is 6.00. The number of carbonyl (C=O) groups is 1. The van der Waals surface area contributed by atoms with Crippen LogP contribution in [-0.2, 0) is 14.8 Å². The molecule has 2 N–H and O–H groups in total. The van der Waals surface area contributed by atoms with Crippen LogP contribution in [0.15, 0.2) is 53.4 Å². The van der Waals surface area contributed by atoms with Crippen LogP contribution < -0.4 is 10.0 Å². The van der Waals surface area contributed by atoms with E-state index in [4.69, 9.17) is 0 Å². The van der Waals surface area contributed by atoms with Gasteiger partial charge in [0.2, 0.25) is 5.91 Å². The zero-order valence-electron chi connectivity index (χ0n) is 11.1. The summed E-state index contributed by atoms with van der Waals surface area (Å²) in [5.74, 6) is -0.778. The van der Waals surface area contributed by atoms with Crippen molar-refractivity contribution in [2.45, 2.75) is 11.8 Å².